The standard InChI is InChI=1S/C51H57N2O10PSSi/c1-7-30-61-51(58)63-35(6)44-46(53(48(44)55)49(50(56)57)64(38-22-14-11-15-23-38,39-24-16-12-17-25-39)40-26-18-13-19-27-40)34(5)43(54)33-41-36(29-31-62-66(8-2,9-3)10-4)32-37-21-20-28-42-45(37)47(41)65(59,60)52-42/h7,11-28,32,34-35,44,46,52H,1,8-10,29-31,33H2,2-6H3,(H,56,57)/t34-,35+,44+,46+/m0/s1. The molecule has 7 rings (SSSR count). The fourth-order valence-electron chi connectivity index (χ4n) is 9.82. The van der Waals surface area contributed by atoms with Crippen LogP contribution in [0.2, 0.25) is 18.1 Å². The first-order valence-electron chi connectivity index (χ1n) is 22.4. The number of hydrogen-bond acceptors (Lipinski definition) is 9. The monoisotopic (exact) mass is 948 g/mol. The van der Waals surface area contributed by atoms with E-state index in [9.17, 15) is 23.1 Å². The SMILES string of the molecule is C=CCOC(=O)O[C@H](C)[C@H]1C(=O)N(C(C(=O)O)=P(c2ccccc2)(c2ccccc2)c2ccccc2)[C@@H]1[C@@H](C)C(=O)Cc1c(CCO[Si](CC)(CC)CC)cc2cccc3c2c1S(=O)(=O)N3. The predicted octanol–water partition coefficient (Wildman–Crippen LogP) is 8.03. The van der Waals surface area contributed by atoms with Crippen molar-refractivity contribution in [1.82, 2.24) is 4.90 Å². The van der Waals surface area contributed by atoms with Crippen LogP contribution >= 0.6 is 6.89 Å². The number of β-lactam (4-membered cyclic amide) rings is 1. The summed E-state index contributed by atoms with van der Waals surface area (Å²) in [5, 5.41) is 14.8. The van der Waals surface area contributed by atoms with E-state index in [1.807, 2.05) is 103 Å². The van der Waals surface area contributed by atoms with Crippen LogP contribution < -0.4 is 20.6 Å². The summed E-state index contributed by atoms with van der Waals surface area (Å²) in [6.45, 7) is 9.83. The molecule has 1 saturated heterocycles. The molecular weight excluding hydrogens is 892 g/mol. The molecule has 0 bridgehead atoms. The minimum Gasteiger partial charge on any atom is -0.477 e. The van der Waals surface area contributed by atoms with Gasteiger partial charge in [0.2, 0.25) is 5.91 Å². The molecule has 346 valence electrons. The molecule has 0 aliphatic carbocycles. The molecule has 2 aliphatic rings. The van der Waals surface area contributed by atoms with Gasteiger partial charge in [0.15, 0.2) is 8.32 Å². The van der Waals surface area contributed by atoms with Crippen LogP contribution in [-0.2, 0) is 51.1 Å². The summed E-state index contributed by atoms with van der Waals surface area (Å²) in [6, 6.07) is 36.4. The predicted molar refractivity (Wildman–Crippen MR) is 263 cm³/mol. The van der Waals surface area contributed by atoms with Gasteiger partial charge in [-0.3, -0.25) is 14.3 Å². The molecule has 0 unspecified atom stereocenters. The summed E-state index contributed by atoms with van der Waals surface area (Å²) >= 11 is 0. The lowest BCUT2D eigenvalue weighted by Crippen LogP contribution is -2.71. The lowest BCUT2D eigenvalue weighted by atomic mass is 9.74. The molecule has 0 saturated carbocycles. The Hall–Kier alpha value is -5.79. The van der Waals surface area contributed by atoms with Crippen LogP contribution in [0.25, 0.3) is 10.8 Å². The number of ketones is 1. The summed E-state index contributed by atoms with van der Waals surface area (Å²) in [6.07, 6.45) is -0.868. The van der Waals surface area contributed by atoms with E-state index in [1.165, 1.54) is 17.9 Å². The average Bonchev–Trinajstić information content (AvgIpc) is 3.61. The number of hydrogen-bond donors (Lipinski definition) is 2. The molecule has 2 aliphatic heterocycles. The topological polar surface area (TPSA) is 166 Å². The second-order valence-corrected chi connectivity index (χ2v) is 26.5. The molecular formula is C51H57N2O10PSSi. The minimum atomic E-state index is -4.12. The maximum atomic E-state index is 15.3. The van der Waals surface area contributed by atoms with Gasteiger partial charge >= 0.3 is 12.1 Å². The Morgan fingerprint density at radius 1 is 0.864 bits per heavy atom. The molecule has 2 heterocycles. The zero-order valence-corrected chi connectivity index (χ0v) is 40.6. The Balaban J connectivity index is 1.42. The number of carbonyl (C=O) groups excluding carboxylic acids is 3. The highest BCUT2D eigenvalue weighted by atomic mass is 32.2. The molecule has 66 heavy (non-hydrogen) atoms. The van der Waals surface area contributed by atoms with Gasteiger partial charge < -0.3 is 23.9 Å². The van der Waals surface area contributed by atoms with Crippen molar-refractivity contribution in [1.29, 1.82) is 0 Å². The number of Topliss-reactive ketones (excluding diaryl/α,β-unsaturated/α-hetero) is 1. The summed E-state index contributed by atoms with van der Waals surface area (Å²) in [5.41, 5.74) is 1.17. The minimum absolute atomic E-state index is 0.0239. The Morgan fingerprint density at radius 3 is 1.94 bits per heavy atom. The van der Waals surface area contributed by atoms with Crippen LogP contribution in [0.15, 0.2) is 133 Å². The van der Waals surface area contributed by atoms with Gasteiger partial charge in [0.1, 0.15) is 28.8 Å². The summed E-state index contributed by atoms with van der Waals surface area (Å²) < 4.78 is 48.3. The van der Waals surface area contributed by atoms with E-state index >= 15 is 9.59 Å². The molecule has 5 aromatic rings. The fraction of sp³-hybridized carbons (Fsp3) is 0.314. The highest BCUT2D eigenvalue weighted by molar-refractivity contribution is 7.96. The smallest absolute Gasteiger partial charge is 0.477 e. The molecule has 2 N–H and O–H groups in total. The highest BCUT2D eigenvalue weighted by Gasteiger charge is 2.59. The Labute approximate surface area is 388 Å². The summed E-state index contributed by atoms with van der Waals surface area (Å²) in [7, 11) is -6.16. The van der Waals surface area contributed by atoms with Crippen LogP contribution in [0.5, 0.6) is 0 Å². The van der Waals surface area contributed by atoms with Crippen molar-refractivity contribution < 1.29 is 46.6 Å². The summed E-state index contributed by atoms with van der Waals surface area (Å²) in [4.78, 5) is 58.8. The molecule has 12 nitrogen and oxygen atoms in total. The van der Waals surface area contributed by atoms with Crippen molar-refractivity contribution in [2.24, 2.45) is 11.8 Å². The van der Waals surface area contributed by atoms with Gasteiger partial charge in [-0.2, -0.15) is 0 Å². The molecule has 1 fully saturated rings. The van der Waals surface area contributed by atoms with E-state index in [1.54, 1.807) is 19.1 Å². The van der Waals surface area contributed by atoms with E-state index in [0.717, 1.165) is 18.1 Å². The van der Waals surface area contributed by atoms with Gasteiger partial charge in [-0.05, 0) is 70.0 Å². The van der Waals surface area contributed by atoms with Crippen LogP contribution in [0.3, 0.4) is 0 Å². The molecule has 1 amide bonds. The average molecular weight is 949 g/mol. The van der Waals surface area contributed by atoms with Gasteiger partial charge in [-0.25, -0.2) is 18.0 Å². The lowest BCUT2D eigenvalue weighted by molar-refractivity contribution is -0.162. The lowest BCUT2D eigenvalue weighted by Gasteiger charge is -2.52. The number of rotatable bonds is 20. The number of likely N-dealkylation sites (tertiary alicyclic amines) is 1. The van der Waals surface area contributed by atoms with Gasteiger partial charge in [0.05, 0.1) is 17.6 Å². The quantitative estimate of drug-likeness (QED) is 0.0257. The fourth-order valence-corrected chi connectivity index (χ4v) is 18.4. The number of benzene rings is 5. The largest absolute Gasteiger partial charge is 0.508 e. The number of nitrogens with zero attached hydrogens (tertiary/aromatic N) is 1. The van der Waals surface area contributed by atoms with Crippen molar-refractivity contribution >= 4 is 86.8 Å². The highest BCUT2D eigenvalue weighted by Crippen LogP contribution is 2.51. The van der Waals surface area contributed by atoms with E-state index in [-0.39, 0.29) is 23.3 Å². The molecule has 0 spiro atoms. The number of carbonyl (C=O) groups is 4. The van der Waals surface area contributed by atoms with Gasteiger partial charge in [-0.1, -0.05) is 150 Å². The van der Waals surface area contributed by atoms with Crippen molar-refractivity contribution in [2.75, 3.05) is 17.9 Å². The van der Waals surface area contributed by atoms with E-state index in [0.29, 0.717) is 56.5 Å². The van der Waals surface area contributed by atoms with Crippen LogP contribution in [0, 0.1) is 11.8 Å². The van der Waals surface area contributed by atoms with Crippen molar-refractivity contribution in [3.63, 3.8) is 0 Å². The van der Waals surface area contributed by atoms with Gasteiger partial charge in [0.25, 0.3) is 10.0 Å². The zero-order chi connectivity index (χ0) is 47.4. The van der Waals surface area contributed by atoms with E-state index < -0.39 is 73.0 Å². The first kappa shape index (κ1) is 48.1. The molecule has 0 aromatic heterocycles. The molecule has 0 radical (unpaired) electrons. The number of sulfonamides is 1. The van der Waals surface area contributed by atoms with Gasteiger partial charge in [-0.15, -0.1) is 0 Å². The number of carboxylic acids is 1. The number of ether oxygens (including phenoxy) is 2. The normalized spacial score (nSPS) is 17.3. The molecule has 5 aromatic carbocycles. The van der Waals surface area contributed by atoms with Gasteiger partial charge in [0, 0.05) is 31.2 Å². The maximum Gasteiger partial charge on any atom is 0.508 e. The second kappa shape index (κ2) is 20.0. The number of anilines is 1. The Kier molecular flexibility index (Phi) is 14.6. The van der Waals surface area contributed by atoms with Crippen LogP contribution in [-0.4, -0.2) is 81.3 Å². The maximum absolute atomic E-state index is 15.3. The zero-order valence-electron chi connectivity index (χ0n) is 37.9. The first-order valence-corrected chi connectivity index (χ1v) is 28.2. The van der Waals surface area contributed by atoms with Crippen LogP contribution in [0.4, 0.5) is 10.5 Å². The number of carboxylic acid groups (broad SMARTS) is 1. The van der Waals surface area contributed by atoms with E-state index in [2.05, 4.69) is 32.1 Å². The number of nitrogens with one attached hydrogen (secondary N) is 1. The van der Waals surface area contributed by atoms with Crippen molar-refractivity contribution in [2.45, 2.75) is 82.6 Å². The Bertz CT molecular complexity index is 2710. The number of aliphatic carboxylic acids is 1. The third-order valence-electron chi connectivity index (χ3n) is 13.4. The first-order chi connectivity index (χ1) is 31.7. The number of amides is 1. The van der Waals surface area contributed by atoms with Crippen LogP contribution in [0.1, 0.15) is 45.7 Å². The third kappa shape index (κ3) is 8.79. The third-order valence-corrected chi connectivity index (χ3v) is 23.8. The Morgan fingerprint density at radius 2 is 1.42 bits per heavy atom. The molecule has 15 heteroatoms. The summed E-state index contributed by atoms with van der Waals surface area (Å²) in [5.74, 6) is -4.75. The van der Waals surface area contributed by atoms with Crippen molar-refractivity contribution in [3.05, 3.63) is 139 Å². The second-order valence-electron chi connectivity index (χ2n) is 16.8. The molecule has 4 atom stereocenters. The van der Waals surface area contributed by atoms with E-state index in [4.69, 9.17) is 13.9 Å². The van der Waals surface area contributed by atoms with Crippen molar-refractivity contribution in [3.8, 4) is 0 Å².